The lowest BCUT2D eigenvalue weighted by Gasteiger charge is -2.20. The third-order valence-electron chi connectivity index (χ3n) is 2.82. The summed E-state index contributed by atoms with van der Waals surface area (Å²) in [5.74, 6) is -0.0274. The standard InChI is InChI=1S/C14H17FO/c1-5-10(3)11-8-7-9-12(13(11)16)14(4,15)6-2/h5-10,16H,1-2H2,3-4H3/t10-,14?/m1/s1. The van der Waals surface area contributed by atoms with Gasteiger partial charge in [-0.25, -0.2) is 4.39 Å². The van der Waals surface area contributed by atoms with Crippen LogP contribution in [0.3, 0.4) is 0 Å². The van der Waals surface area contributed by atoms with Crippen molar-refractivity contribution < 1.29 is 9.50 Å². The Bertz CT molecular complexity index is 407. The highest BCUT2D eigenvalue weighted by Crippen LogP contribution is 2.38. The van der Waals surface area contributed by atoms with Crippen molar-refractivity contribution in [3.8, 4) is 5.75 Å². The number of para-hydroxylation sites is 1. The molecule has 2 atom stereocenters. The normalized spacial score (nSPS) is 16.2. The molecule has 0 aliphatic rings. The maximum Gasteiger partial charge on any atom is 0.154 e. The fraction of sp³-hybridized carbons (Fsp3) is 0.286. The number of benzene rings is 1. The van der Waals surface area contributed by atoms with E-state index in [0.717, 1.165) is 0 Å². The third-order valence-corrected chi connectivity index (χ3v) is 2.82. The highest BCUT2D eigenvalue weighted by atomic mass is 19.1. The van der Waals surface area contributed by atoms with Gasteiger partial charge in [-0.05, 0) is 6.92 Å². The first kappa shape index (κ1) is 12.5. The van der Waals surface area contributed by atoms with E-state index in [9.17, 15) is 9.50 Å². The van der Waals surface area contributed by atoms with Crippen molar-refractivity contribution in [1.82, 2.24) is 0 Å². The summed E-state index contributed by atoms with van der Waals surface area (Å²) in [5.41, 5.74) is -0.798. The van der Waals surface area contributed by atoms with Crippen LogP contribution < -0.4 is 0 Å². The summed E-state index contributed by atoms with van der Waals surface area (Å²) in [6, 6.07) is 5.06. The molecule has 0 radical (unpaired) electrons. The zero-order chi connectivity index (χ0) is 12.3. The predicted octanol–water partition coefficient (Wildman–Crippen LogP) is 4.05. The van der Waals surface area contributed by atoms with E-state index in [-0.39, 0.29) is 17.2 Å². The molecule has 86 valence electrons. The molecule has 0 bridgehead atoms. The molecule has 0 saturated carbocycles. The van der Waals surface area contributed by atoms with Gasteiger partial charge >= 0.3 is 0 Å². The second-order valence-corrected chi connectivity index (χ2v) is 4.05. The molecule has 1 N–H and O–H groups in total. The van der Waals surface area contributed by atoms with Crippen LogP contribution in [0.15, 0.2) is 43.5 Å². The number of alkyl halides is 1. The molecule has 1 aromatic rings. The van der Waals surface area contributed by atoms with Gasteiger partial charge in [-0.1, -0.05) is 43.9 Å². The summed E-state index contributed by atoms with van der Waals surface area (Å²) >= 11 is 0. The Hall–Kier alpha value is -1.57. The molecule has 0 saturated heterocycles. The number of hydrogen-bond donors (Lipinski definition) is 1. The fourth-order valence-corrected chi connectivity index (χ4v) is 1.56. The van der Waals surface area contributed by atoms with Gasteiger partial charge in [0.15, 0.2) is 5.67 Å². The Kier molecular flexibility index (Phi) is 3.53. The lowest BCUT2D eigenvalue weighted by molar-refractivity contribution is 0.255. The molecule has 0 aromatic heterocycles. The van der Waals surface area contributed by atoms with Crippen molar-refractivity contribution in [2.75, 3.05) is 0 Å². The minimum Gasteiger partial charge on any atom is -0.507 e. The minimum atomic E-state index is -1.72. The van der Waals surface area contributed by atoms with Gasteiger partial charge in [0.2, 0.25) is 0 Å². The molecular formula is C14H17FO. The molecule has 1 nitrogen and oxygen atoms in total. The molecule has 1 unspecified atom stereocenters. The van der Waals surface area contributed by atoms with Gasteiger partial charge in [0.25, 0.3) is 0 Å². The summed E-state index contributed by atoms with van der Waals surface area (Å²) in [5, 5.41) is 10.0. The highest BCUT2D eigenvalue weighted by Gasteiger charge is 2.26. The molecule has 16 heavy (non-hydrogen) atoms. The average Bonchev–Trinajstić information content (AvgIpc) is 2.28. The number of aromatic hydroxyl groups is 1. The van der Waals surface area contributed by atoms with Crippen LogP contribution in [-0.4, -0.2) is 5.11 Å². The predicted molar refractivity (Wildman–Crippen MR) is 65.4 cm³/mol. The van der Waals surface area contributed by atoms with Crippen LogP contribution in [0.1, 0.15) is 30.9 Å². The largest absolute Gasteiger partial charge is 0.507 e. The summed E-state index contributed by atoms with van der Waals surface area (Å²) in [6.45, 7) is 10.4. The van der Waals surface area contributed by atoms with Crippen molar-refractivity contribution in [3.05, 3.63) is 54.6 Å². The molecule has 0 heterocycles. The van der Waals surface area contributed by atoms with Crippen LogP contribution in [0, 0.1) is 0 Å². The average molecular weight is 220 g/mol. The van der Waals surface area contributed by atoms with E-state index in [2.05, 4.69) is 13.2 Å². The molecule has 0 amide bonds. The number of hydrogen-bond acceptors (Lipinski definition) is 1. The van der Waals surface area contributed by atoms with Gasteiger partial charge in [-0.15, -0.1) is 6.58 Å². The first-order chi connectivity index (χ1) is 7.44. The Morgan fingerprint density at radius 2 is 2.06 bits per heavy atom. The van der Waals surface area contributed by atoms with Crippen LogP contribution in [0.4, 0.5) is 4.39 Å². The third kappa shape index (κ3) is 2.16. The van der Waals surface area contributed by atoms with Crippen LogP contribution >= 0.6 is 0 Å². The van der Waals surface area contributed by atoms with Crippen molar-refractivity contribution in [3.63, 3.8) is 0 Å². The van der Waals surface area contributed by atoms with Crippen molar-refractivity contribution in [1.29, 1.82) is 0 Å². The quantitative estimate of drug-likeness (QED) is 0.759. The molecule has 1 aromatic carbocycles. The van der Waals surface area contributed by atoms with Gasteiger partial charge in [-0.2, -0.15) is 0 Å². The maximum atomic E-state index is 14.1. The van der Waals surface area contributed by atoms with E-state index in [0.29, 0.717) is 5.56 Å². The van der Waals surface area contributed by atoms with Gasteiger partial charge in [0.05, 0.1) is 0 Å². The second-order valence-electron chi connectivity index (χ2n) is 4.05. The van der Waals surface area contributed by atoms with E-state index in [4.69, 9.17) is 0 Å². The molecule has 2 heteroatoms. The first-order valence-electron chi connectivity index (χ1n) is 5.21. The zero-order valence-electron chi connectivity index (χ0n) is 9.70. The van der Waals surface area contributed by atoms with E-state index in [1.807, 2.05) is 6.92 Å². The Labute approximate surface area is 95.9 Å². The molecule has 0 fully saturated rings. The maximum absolute atomic E-state index is 14.1. The molecule has 0 aliphatic carbocycles. The van der Waals surface area contributed by atoms with E-state index < -0.39 is 5.67 Å². The number of phenolic OH excluding ortho intramolecular Hbond substituents is 1. The van der Waals surface area contributed by atoms with E-state index >= 15 is 0 Å². The van der Waals surface area contributed by atoms with Crippen molar-refractivity contribution in [2.24, 2.45) is 0 Å². The van der Waals surface area contributed by atoms with E-state index in [1.54, 1.807) is 24.3 Å². The summed E-state index contributed by atoms with van der Waals surface area (Å²) in [6.07, 6.45) is 2.90. The molecule has 1 rings (SSSR count). The van der Waals surface area contributed by atoms with Crippen LogP contribution in [0.2, 0.25) is 0 Å². The van der Waals surface area contributed by atoms with Crippen LogP contribution in [0.5, 0.6) is 5.75 Å². The fourth-order valence-electron chi connectivity index (χ4n) is 1.56. The second kappa shape index (κ2) is 4.52. The summed E-state index contributed by atoms with van der Waals surface area (Å²) < 4.78 is 14.1. The topological polar surface area (TPSA) is 20.2 Å². The first-order valence-corrected chi connectivity index (χ1v) is 5.21. The Balaban J connectivity index is 3.34. The lowest BCUT2D eigenvalue weighted by Crippen LogP contribution is -2.12. The smallest absolute Gasteiger partial charge is 0.154 e. The molecular weight excluding hydrogens is 203 g/mol. The number of rotatable bonds is 4. The molecule has 0 spiro atoms. The Morgan fingerprint density at radius 1 is 1.44 bits per heavy atom. The van der Waals surface area contributed by atoms with Gasteiger partial charge < -0.3 is 5.11 Å². The number of allylic oxidation sites excluding steroid dienone is 2. The SMILES string of the molecule is C=C[C@@H](C)c1cccc(C(C)(F)C=C)c1O. The van der Waals surface area contributed by atoms with Gasteiger partial charge in [-0.3, -0.25) is 0 Å². The van der Waals surface area contributed by atoms with Crippen molar-refractivity contribution in [2.45, 2.75) is 25.4 Å². The molecule has 0 aliphatic heterocycles. The minimum absolute atomic E-state index is 0.0134. The monoisotopic (exact) mass is 220 g/mol. The van der Waals surface area contributed by atoms with E-state index in [1.165, 1.54) is 13.0 Å². The zero-order valence-corrected chi connectivity index (χ0v) is 9.70. The summed E-state index contributed by atoms with van der Waals surface area (Å²) in [4.78, 5) is 0. The van der Waals surface area contributed by atoms with Crippen molar-refractivity contribution >= 4 is 0 Å². The highest BCUT2D eigenvalue weighted by molar-refractivity contribution is 5.47. The number of phenols is 1. The van der Waals surface area contributed by atoms with Crippen LogP contribution in [-0.2, 0) is 5.67 Å². The van der Waals surface area contributed by atoms with Gasteiger partial charge in [0.1, 0.15) is 5.75 Å². The van der Waals surface area contributed by atoms with Crippen LogP contribution in [0.25, 0.3) is 0 Å². The lowest BCUT2D eigenvalue weighted by atomic mass is 9.91. The number of halogens is 1. The van der Waals surface area contributed by atoms with Gasteiger partial charge in [0, 0.05) is 17.0 Å². The summed E-state index contributed by atoms with van der Waals surface area (Å²) in [7, 11) is 0. The Morgan fingerprint density at radius 3 is 2.56 bits per heavy atom.